The van der Waals surface area contributed by atoms with Crippen LogP contribution in [0.15, 0.2) is 24.3 Å². The van der Waals surface area contributed by atoms with Gasteiger partial charge in [0.2, 0.25) is 0 Å². The minimum atomic E-state index is -0.144. The van der Waals surface area contributed by atoms with Crippen molar-refractivity contribution in [3.05, 3.63) is 35.6 Å². The van der Waals surface area contributed by atoms with Gasteiger partial charge in [-0.1, -0.05) is 32.4 Å². The van der Waals surface area contributed by atoms with Crippen molar-refractivity contribution in [2.24, 2.45) is 0 Å². The molecule has 2 rings (SSSR count). The Kier molecular flexibility index (Phi) is 6.96. The lowest BCUT2D eigenvalue weighted by Gasteiger charge is -2.32. The molecule has 0 amide bonds. The van der Waals surface area contributed by atoms with Gasteiger partial charge < -0.3 is 4.90 Å². The predicted molar refractivity (Wildman–Crippen MR) is 76.3 cm³/mol. The number of hydrogen-bond donors (Lipinski definition) is 0. The van der Waals surface area contributed by atoms with Crippen LogP contribution in [0.4, 0.5) is 4.39 Å². The Balaban J connectivity index is 0.000000771. The highest BCUT2D eigenvalue weighted by Crippen LogP contribution is 2.15. The van der Waals surface area contributed by atoms with E-state index in [0.717, 1.165) is 6.42 Å². The average molecular weight is 251 g/mol. The van der Waals surface area contributed by atoms with Crippen LogP contribution in [0.1, 0.15) is 45.6 Å². The first-order valence-corrected chi connectivity index (χ1v) is 7.24. The lowest BCUT2D eigenvalue weighted by molar-refractivity contribution is 0.173. The molecule has 1 atom stereocenters. The quantitative estimate of drug-likeness (QED) is 0.775. The molecule has 18 heavy (non-hydrogen) atoms. The van der Waals surface area contributed by atoms with E-state index in [4.69, 9.17) is 0 Å². The normalized spacial score (nSPS) is 17.8. The van der Waals surface area contributed by atoms with Gasteiger partial charge in [-0.05, 0) is 57.0 Å². The Morgan fingerprint density at radius 1 is 1.06 bits per heavy atom. The van der Waals surface area contributed by atoms with E-state index in [1.165, 1.54) is 37.9 Å². The van der Waals surface area contributed by atoms with Crippen molar-refractivity contribution in [1.82, 2.24) is 4.90 Å². The average Bonchev–Trinajstić information content (AvgIpc) is 2.44. The molecule has 1 fully saturated rings. The van der Waals surface area contributed by atoms with Crippen LogP contribution in [0, 0.1) is 5.82 Å². The van der Waals surface area contributed by atoms with Crippen molar-refractivity contribution in [1.29, 1.82) is 0 Å². The maximum absolute atomic E-state index is 12.8. The van der Waals surface area contributed by atoms with Crippen molar-refractivity contribution in [3.8, 4) is 0 Å². The highest BCUT2D eigenvalue weighted by atomic mass is 19.1. The third-order valence-corrected chi connectivity index (χ3v) is 3.46. The molecule has 1 unspecified atom stereocenters. The van der Waals surface area contributed by atoms with Gasteiger partial charge >= 0.3 is 0 Å². The Morgan fingerprint density at radius 2 is 1.61 bits per heavy atom. The molecular formula is C16H26FN. The van der Waals surface area contributed by atoms with Crippen LogP contribution in [0.3, 0.4) is 0 Å². The molecule has 1 aliphatic heterocycles. The van der Waals surface area contributed by atoms with Crippen LogP contribution >= 0.6 is 0 Å². The van der Waals surface area contributed by atoms with Gasteiger partial charge in [0.1, 0.15) is 5.82 Å². The summed E-state index contributed by atoms with van der Waals surface area (Å²) in [6.07, 6.45) is 5.06. The monoisotopic (exact) mass is 251 g/mol. The Morgan fingerprint density at radius 3 is 2.17 bits per heavy atom. The van der Waals surface area contributed by atoms with E-state index in [-0.39, 0.29) is 5.82 Å². The molecule has 0 spiro atoms. The molecule has 2 heteroatoms. The Labute approximate surface area is 111 Å². The number of likely N-dealkylation sites (tertiary alicyclic amines) is 1. The number of halogens is 1. The minimum Gasteiger partial charge on any atom is -0.300 e. The summed E-state index contributed by atoms with van der Waals surface area (Å²) < 4.78 is 12.8. The molecule has 1 aliphatic rings. The summed E-state index contributed by atoms with van der Waals surface area (Å²) in [6, 6.07) is 7.48. The van der Waals surface area contributed by atoms with Crippen LogP contribution in [0.5, 0.6) is 0 Å². The summed E-state index contributed by atoms with van der Waals surface area (Å²) >= 11 is 0. The lowest BCUT2D eigenvalue weighted by atomic mass is 10.0. The Bertz CT molecular complexity index is 314. The van der Waals surface area contributed by atoms with Crippen LogP contribution in [-0.4, -0.2) is 24.0 Å². The van der Waals surface area contributed by atoms with Crippen molar-refractivity contribution in [2.45, 2.75) is 52.5 Å². The van der Waals surface area contributed by atoms with Crippen LogP contribution < -0.4 is 0 Å². The molecule has 0 aromatic heterocycles. The Hall–Kier alpha value is -0.890. The summed E-state index contributed by atoms with van der Waals surface area (Å²) in [4.78, 5) is 2.55. The van der Waals surface area contributed by atoms with Crippen LogP contribution in [-0.2, 0) is 6.42 Å². The summed E-state index contributed by atoms with van der Waals surface area (Å²) in [5.41, 5.74) is 1.24. The van der Waals surface area contributed by atoms with E-state index in [1.807, 2.05) is 26.0 Å². The fourth-order valence-corrected chi connectivity index (χ4v) is 2.45. The first kappa shape index (κ1) is 15.2. The molecule has 0 radical (unpaired) electrons. The molecule has 1 nitrogen and oxygen atoms in total. The molecular weight excluding hydrogens is 225 g/mol. The van der Waals surface area contributed by atoms with Gasteiger partial charge in [-0.15, -0.1) is 0 Å². The third-order valence-electron chi connectivity index (χ3n) is 3.46. The molecule has 102 valence electrons. The first-order chi connectivity index (χ1) is 8.75. The van der Waals surface area contributed by atoms with E-state index in [2.05, 4.69) is 11.8 Å². The van der Waals surface area contributed by atoms with E-state index >= 15 is 0 Å². The largest absolute Gasteiger partial charge is 0.300 e. The number of rotatable bonds is 3. The predicted octanol–water partition coefficient (Wildman–Crippen LogP) is 4.27. The maximum atomic E-state index is 12.8. The van der Waals surface area contributed by atoms with Gasteiger partial charge in [-0.3, -0.25) is 0 Å². The zero-order chi connectivity index (χ0) is 13.4. The summed E-state index contributed by atoms with van der Waals surface area (Å²) in [7, 11) is 0. The van der Waals surface area contributed by atoms with Crippen LogP contribution in [0.2, 0.25) is 0 Å². The van der Waals surface area contributed by atoms with Crippen LogP contribution in [0.25, 0.3) is 0 Å². The van der Waals surface area contributed by atoms with Gasteiger partial charge in [0, 0.05) is 6.04 Å². The third kappa shape index (κ3) is 4.77. The zero-order valence-electron chi connectivity index (χ0n) is 12.0. The molecule has 1 aromatic carbocycles. The van der Waals surface area contributed by atoms with Gasteiger partial charge in [-0.25, -0.2) is 4.39 Å². The fraction of sp³-hybridized carbons (Fsp3) is 0.625. The van der Waals surface area contributed by atoms with E-state index in [0.29, 0.717) is 6.04 Å². The second-order valence-electron chi connectivity index (χ2n) is 4.78. The smallest absolute Gasteiger partial charge is 0.123 e. The van der Waals surface area contributed by atoms with Crippen molar-refractivity contribution in [2.75, 3.05) is 13.1 Å². The van der Waals surface area contributed by atoms with E-state index < -0.39 is 0 Å². The van der Waals surface area contributed by atoms with Gasteiger partial charge in [0.05, 0.1) is 0 Å². The van der Waals surface area contributed by atoms with Crippen molar-refractivity contribution >= 4 is 0 Å². The second kappa shape index (κ2) is 8.25. The number of hydrogen-bond acceptors (Lipinski definition) is 1. The lowest BCUT2D eigenvalue weighted by Crippen LogP contribution is -2.38. The topological polar surface area (TPSA) is 3.24 Å². The molecule has 0 bridgehead atoms. The molecule has 1 saturated heterocycles. The maximum Gasteiger partial charge on any atom is 0.123 e. The highest BCUT2D eigenvalue weighted by molar-refractivity contribution is 5.17. The zero-order valence-corrected chi connectivity index (χ0v) is 12.0. The standard InChI is InChI=1S/C14H20FN.C2H6/c1-12(16-9-3-2-4-10-16)11-13-5-7-14(15)8-6-13;1-2/h5-8,12H,2-4,9-11H2,1H3;1-2H3. The number of piperidine rings is 1. The van der Waals surface area contributed by atoms with Gasteiger partial charge in [0.15, 0.2) is 0 Å². The fourth-order valence-electron chi connectivity index (χ4n) is 2.45. The van der Waals surface area contributed by atoms with E-state index in [9.17, 15) is 4.39 Å². The highest BCUT2D eigenvalue weighted by Gasteiger charge is 2.16. The van der Waals surface area contributed by atoms with E-state index in [1.54, 1.807) is 12.1 Å². The summed E-state index contributed by atoms with van der Waals surface area (Å²) in [5, 5.41) is 0. The molecule has 1 heterocycles. The second-order valence-corrected chi connectivity index (χ2v) is 4.78. The van der Waals surface area contributed by atoms with Crippen molar-refractivity contribution < 1.29 is 4.39 Å². The molecule has 1 aromatic rings. The first-order valence-electron chi connectivity index (χ1n) is 7.24. The number of benzene rings is 1. The van der Waals surface area contributed by atoms with Crippen molar-refractivity contribution in [3.63, 3.8) is 0 Å². The SMILES string of the molecule is CC.CC(Cc1ccc(F)cc1)N1CCCCC1. The van der Waals surface area contributed by atoms with Gasteiger partial charge in [0.25, 0.3) is 0 Å². The van der Waals surface area contributed by atoms with Gasteiger partial charge in [-0.2, -0.15) is 0 Å². The minimum absolute atomic E-state index is 0.144. The molecule has 0 aliphatic carbocycles. The summed E-state index contributed by atoms with van der Waals surface area (Å²) in [5.74, 6) is -0.144. The summed E-state index contributed by atoms with van der Waals surface area (Å²) in [6.45, 7) is 8.72. The number of nitrogens with zero attached hydrogens (tertiary/aromatic N) is 1. The molecule has 0 saturated carbocycles. The molecule has 0 N–H and O–H groups in total.